The highest BCUT2D eigenvalue weighted by atomic mass is 16.5. The maximum absolute atomic E-state index is 5.57. The van der Waals surface area contributed by atoms with Crippen LogP contribution in [-0.2, 0) is 11.3 Å². The monoisotopic (exact) mass is 266 g/mol. The molecule has 6 heteroatoms. The Morgan fingerprint density at radius 1 is 1.42 bits per heavy atom. The van der Waals surface area contributed by atoms with Crippen LogP contribution in [0.4, 0.5) is 0 Å². The zero-order valence-corrected chi connectivity index (χ0v) is 11.8. The van der Waals surface area contributed by atoms with E-state index in [4.69, 9.17) is 9.26 Å². The van der Waals surface area contributed by atoms with Gasteiger partial charge >= 0.3 is 0 Å². The molecule has 0 amide bonds. The molecule has 0 bridgehead atoms. The zero-order valence-electron chi connectivity index (χ0n) is 11.8. The molecule has 6 nitrogen and oxygen atoms in total. The molecule has 1 saturated heterocycles. The maximum Gasteiger partial charge on any atom is 0.191 e. The Morgan fingerprint density at radius 2 is 2.26 bits per heavy atom. The predicted octanol–water partition coefficient (Wildman–Crippen LogP) is 1.14. The van der Waals surface area contributed by atoms with Crippen LogP contribution in [0.15, 0.2) is 9.52 Å². The molecule has 0 spiro atoms. The number of aliphatic imine (C=N–C) groups is 1. The van der Waals surface area contributed by atoms with Gasteiger partial charge in [-0.25, -0.2) is 0 Å². The van der Waals surface area contributed by atoms with E-state index in [-0.39, 0.29) is 0 Å². The standard InChI is InChI=1S/C13H22N4O2/c1-9-12(10(2)19-17-9)8-16-13(14-3)15-7-11-5-4-6-18-11/h11H,4-8H2,1-3H3,(H2,14,15,16). The van der Waals surface area contributed by atoms with Crippen LogP contribution >= 0.6 is 0 Å². The van der Waals surface area contributed by atoms with Gasteiger partial charge in [-0.3, -0.25) is 4.99 Å². The summed E-state index contributed by atoms with van der Waals surface area (Å²) in [7, 11) is 1.76. The van der Waals surface area contributed by atoms with E-state index in [0.29, 0.717) is 12.6 Å². The van der Waals surface area contributed by atoms with Crippen molar-refractivity contribution in [1.82, 2.24) is 15.8 Å². The van der Waals surface area contributed by atoms with E-state index in [0.717, 1.165) is 49.0 Å². The summed E-state index contributed by atoms with van der Waals surface area (Å²) < 4.78 is 10.7. The van der Waals surface area contributed by atoms with Crippen LogP contribution in [0.5, 0.6) is 0 Å². The second kappa shape index (κ2) is 6.56. The Bertz CT molecular complexity index is 416. The van der Waals surface area contributed by atoms with E-state index in [2.05, 4.69) is 20.8 Å². The number of aryl methyl sites for hydroxylation is 2. The fourth-order valence-electron chi connectivity index (χ4n) is 2.16. The van der Waals surface area contributed by atoms with Crippen molar-refractivity contribution in [3.63, 3.8) is 0 Å². The summed E-state index contributed by atoms with van der Waals surface area (Å²) in [5, 5.41) is 10.5. The van der Waals surface area contributed by atoms with Crippen molar-refractivity contribution in [3.8, 4) is 0 Å². The van der Waals surface area contributed by atoms with Crippen LogP contribution < -0.4 is 10.6 Å². The van der Waals surface area contributed by atoms with Crippen molar-refractivity contribution in [3.05, 3.63) is 17.0 Å². The molecule has 0 aromatic carbocycles. The van der Waals surface area contributed by atoms with Gasteiger partial charge in [0, 0.05) is 32.3 Å². The van der Waals surface area contributed by atoms with Gasteiger partial charge in [-0.15, -0.1) is 0 Å². The molecule has 1 aromatic heterocycles. The highest BCUT2D eigenvalue weighted by Gasteiger charge is 2.15. The van der Waals surface area contributed by atoms with Crippen LogP contribution in [0.25, 0.3) is 0 Å². The Morgan fingerprint density at radius 3 is 2.84 bits per heavy atom. The van der Waals surface area contributed by atoms with Gasteiger partial charge in [0.15, 0.2) is 5.96 Å². The molecule has 0 radical (unpaired) electrons. The first kappa shape index (κ1) is 13.9. The largest absolute Gasteiger partial charge is 0.376 e. The lowest BCUT2D eigenvalue weighted by Crippen LogP contribution is -2.40. The van der Waals surface area contributed by atoms with Crippen molar-refractivity contribution in [2.75, 3.05) is 20.2 Å². The average molecular weight is 266 g/mol. The van der Waals surface area contributed by atoms with Gasteiger partial charge in [0.1, 0.15) is 5.76 Å². The number of hydrogen-bond donors (Lipinski definition) is 2. The van der Waals surface area contributed by atoms with Gasteiger partial charge in [-0.05, 0) is 26.7 Å². The molecule has 0 aliphatic carbocycles. The Balaban J connectivity index is 1.79. The molecule has 1 unspecified atom stereocenters. The number of aromatic nitrogens is 1. The first-order valence-corrected chi connectivity index (χ1v) is 6.68. The summed E-state index contributed by atoms with van der Waals surface area (Å²) in [6.45, 7) is 6.18. The first-order valence-electron chi connectivity index (χ1n) is 6.68. The van der Waals surface area contributed by atoms with Gasteiger partial charge in [-0.2, -0.15) is 0 Å². The van der Waals surface area contributed by atoms with E-state index < -0.39 is 0 Å². The third-order valence-electron chi connectivity index (χ3n) is 3.36. The summed E-state index contributed by atoms with van der Waals surface area (Å²) in [5.41, 5.74) is 2.00. The third kappa shape index (κ3) is 3.70. The summed E-state index contributed by atoms with van der Waals surface area (Å²) in [6.07, 6.45) is 2.57. The molecular formula is C13H22N4O2. The van der Waals surface area contributed by atoms with Gasteiger partial charge in [0.05, 0.1) is 11.8 Å². The van der Waals surface area contributed by atoms with Gasteiger partial charge in [0.2, 0.25) is 0 Å². The van der Waals surface area contributed by atoms with Crippen LogP contribution in [-0.4, -0.2) is 37.4 Å². The molecule has 1 aliphatic heterocycles. The number of ether oxygens (including phenoxy) is 1. The number of rotatable bonds is 4. The first-order chi connectivity index (χ1) is 9.20. The fraction of sp³-hybridized carbons (Fsp3) is 0.692. The average Bonchev–Trinajstić information content (AvgIpc) is 3.02. The van der Waals surface area contributed by atoms with Crippen molar-refractivity contribution in [2.45, 2.75) is 39.3 Å². The molecule has 2 rings (SSSR count). The van der Waals surface area contributed by atoms with Crippen LogP contribution in [0.3, 0.4) is 0 Å². The third-order valence-corrected chi connectivity index (χ3v) is 3.36. The van der Waals surface area contributed by atoms with E-state index in [1.54, 1.807) is 7.05 Å². The van der Waals surface area contributed by atoms with Gasteiger partial charge in [-0.1, -0.05) is 5.16 Å². The highest BCUT2D eigenvalue weighted by Crippen LogP contribution is 2.12. The molecule has 19 heavy (non-hydrogen) atoms. The summed E-state index contributed by atoms with van der Waals surface area (Å²) in [4.78, 5) is 4.20. The van der Waals surface area contributed by atoms with Crippen molar-refractivity contribution in [2.24, 2.45) is 4.99 Å². The Labute approximate surface area is 113 Å². The summed E-state index contributed by atoms with van der Waals surface area (Å²) in [6, 6.07) is 0. The second-order valence-corrected chi connectivity index (χ2v) is 4.74. The summed E-state index contributed by atoms with van der Waals surface area (Å²) in [5.74, 6) is 1.62. The molecular weight excluding hydrogens is 244 g/mol. The minimum Gasteiger partial charge on any atom is -0.376 e. The second-order valence-electron chi connectivity index (χ2n) is 4.74. The number of guanidine groups is 1. The maximum atomic E-state index is 5.57. The van der Waals surface area contributed by atoms with Crippen molar-refractivity contribution < 1.29 is 9.26 Å². The lowest BCUT2D eigenvalue weighted by molar-refractivity contribution is 0.114. The van der Waals surface area contributed by atoms with Crippen LogP contribution in [0.1, 0.15) is 29.9 Å². The molecule has 1 aliphatic rings. The van der Waals surface area contributed by atoms with Crippen molar-refractivity contribution >= 4 is 5.96 Å². The predicted molar refractivity (Wildman–Crippen MR) is 73.2 cm³/mol. The SMILES string of the molecule is CN=C(NCc1c(C)noc1C)NCC1CCCO1. The minimum absolute atomic E-state index is 0.303. The molecule has 1 aromatic rings. The lowest BCUT2D eigenvalue weighted by Gasteiger charge is -2.14. The highest BCUT2D eigenvalue weighted by molar-refractivity contribution is 5.79. The number of hydrogen-bond acceptors (Lipinski definition) is 4. The molecule has 1 atom stereocenters. The quantitative estimate of drug-likeness (QED) is 0.631. The Hall–Kier alpha value is -1.56. The molecule has 106 valence electrons. The van der Waals surface area contributed by atoms with Crippen LogP contribution in [0, 0.1) is 13.8 Å². The van der Waals surface area contributed by atoms with Gasteiger partial charge in [0.25, 0.3) is 0 Å². The normalized spacial score (nSPS) is 19.7. The molecule has 2 heterocycles. The van der Waals surface area contributed by atoms with Gasteiger partial charge < -0.3 is 19.9 Å². The Kier molecular flexibility index (Phi) is 4.79. The van der Waals surface area contributed by atoms with E-state index in [1.165, 1.54) is 0 Å². The number of nitrogens with zero attached hydrogens (tertiary/aromatic N) is 2. The van der Waals surface area contributed by atoms with Crippen molar-refractivity contribution in [1.29, 1.82) is 0 Å². The fourth-order valence-corrected chi connectivity index (χ4v) is 2.16. The molecule has 1 fully saturated rings. The summed E-state index contributed by atoms with van der Waals surface area (Å²) >= 11 is 0. The molecule has 2 N–H and O–H groups in total. The van der Waals surface area contributed by atoms with E-state index in [9.17, 15) is 0 Å². The topological polar surface area (TPSA) is 71.7 Å². The lowest BCUT2D eigenvalue weighted by atomic mass is 10.2. The smallest absolute Gasteiger partial charge is 0.191 e. The van der Waals surface area contributed by atoms with E-state index in [1.807, 2.05) is 13.8 Å². The van der Waals surface area contributed by atoms with Crippen LogP contribution in [0.2, 0.25) is 0 Å². The zero-order chi connectivity index (χ0) is 13.7. The minimum atomic E-state index is 0.303. The number of nitrogens with one attached hydrogen (secondary N) is 2. The van der Waals surface area contributed by atoms with E-state index >= 15 is 0 Å². The molecule has 0 saturated carbocycles.